The topological polar surface area (TPSA) is 55.8 Å². The zero-order valence-corrected chi connectivity index (χ0v) is 14.8. The van der Waals surface area contributed by atoms with Crippen molar-refractivity contribution in [3.63, 3.8) is 0 Å². The minimum Gasteiger partial charge on any atom is -0.496 e. The first kappa shape index (κ1) is 19.0. The summed E-state index contributed by atoms with van der Waals surface area (Å²) in [6.07, 6.45) is 6.42. The molecule has 0 heterocycles. The lowest BCUT2D eigenvalue weighted by Gasteiger charge is -2.18. The zero-order chi connectivity index (χ0) is 17.6. The molecule has 0 fully saturated rings. The lowest BCUT2D eigenvalue weighted by molar-refractivity contribution is 0.0662. The van der Waals surface area contributed by atoms with Crippen molar-refractivity contribution >= 4 is 12.0 Å². The molecule has 23 heavy (non-hydrogen) atoms. The highest BCUT2D eigenvalue weighted by atomic mass is 16.5. The molecule has 4 heteroatoms. The second-order valence-electron chi connectivity index (χ2n) is 6.19. The van der Waals surface area contributed by atoms with Crippen LogP contribution in [0.4, 0.5) is 0 Å². The molecule has 0 spiro atoms. The van der Waals surface area contributed by atoms with Gasteiger partial charge in [0.05, 0.1) is 18.3 Å². The molecule has 0 amide bonds. The standard InChI is InChI=1S/C19H26O4/c1-13(2)7-8-14-11-16(18(20)21)12-15(17(14)22-5)9-10-19(3,4)23-6/h7,9-12H,8H2,1-6H3,(H,20,21)/b10-9+. The van der Waals surface area contributed by atoms with Crippen LogP contribution >= 0.6 is 0 Å². The van der Waals surface area contributed by atoms with Gasteiger partial charge in [0.25, 0.3) is 0 Å². The Balaban J connectivity index is 3.42. The maximum atomic E-state index is 11.4. The van der Waals surface area contributed by atoms with E-state index in [2.05, 4.69) is 6.08 Å². The van der Waals surface area contributed by atoms with E-state index in [1.54, 1.807) is 26.4 Å². The van der Waals surface area contributed by atoms with E-state index in [0.717, 1.165) is 11.1 Å². The maximum Gasteiger partial charge on any atom is 0.335 e. The summed E-state index contributed by atoms with van der Waals surface area (Å²) in [5.41, 5.74) is 2.56. The van der Waals surface area contributed by atoms with Crippen molar-refractivity contribution in [2.24, 2.45) is 0 Å². The predicted molar refractivity (Wildman–Crippen MR) is 93.2 cm³/mol. The SMILES string of the molecule is COc1c(/C=C/C(C)(C)OC)cc(C(=O)O)cc1CC=C(C)C. The molecule has 0 radical (unpaired) electrons. The number of carboxylic acids is 1. The summed E-state index contributed by atoms with van der Waals surface area (Å²) in [6, 6.07) is 3.29. The number of hydrogen-bond donors (Lipinski definition) is 1. The summed E-state index contributed by atoms with van der Waals surface area (Å²) in [7, 11) is 3.23. The molecule has 126 valence electrons. The van der Waals surface area contributed by atoms with Crippen LogP contribution in [0, 0.1) is 0 Å². The minimum atomic E-state index is -0.952. The van der Waals surface area contributed by atoms with Crippen molar-refractivity contribution in [2.75, 3.05) is 14.2 Å². The van der Waals surface area contributed by atoms with Crippen molar-refractivity contribution < 1.29 is 19.4 Å². The molecule has 0 atom stereocenters. The average Bonchev–Trinajstić information content (AvgIpc) is 2.50. The summed E-state index contributed by atoms with van der Waals surface area (Å²) < 4.78 is 10.9. The number of carbonyl (C=O) groups is 1. The summed E-state index contributed by atoms with van der Waals surface area (Å²) >= 11 is 0. The van der Waals surface area contributed by atoms with E-state index in [0.29, 0.717) is 12.2 Å². The van der Waals surface area contributed by atoms with Crippen molar-refractivity contribution in [1.29, 1.82) is 0 Å². The van der Waals surface area contributed by atoms with Crippen LogP contribution in [0.25, 0.3) is 6.08 Å². The normalized spacial score (nSPS) is 11.6. The number of ether oxygens (including phenoxy) is 2. The first-order valence-electron chi connectivity index (χ1n) is 7.52. The molecule has 1 aromatic carbocycles. The molecule has 1 aromatic rings. The summed E-state index contributed by atoms with van der Waals surface area (Å²) in [5.74, 6) is -0.262. The molecule has 0 aliphatic rings. The van der Waals surface area contributed by atoms with Crippen LogP contribution in [-0.4, -0.2) is 30.9 Å². The monoisotopic (exact) mass is 318 g/mol. The Morgan fingerprint density at radius 1 is 1.26 bits per heavy atom. The van der Waals surface area contributed by atoms with Crippen LogP contribution in [0.2, 0.25) is 0 Å². The van der Waals surface area contributed by atoms with Gasteiger partial charge in [-0.05, 0) is 51.8 Å². The highest BCUT2D eigenvalue weighted by Gasteiger charge is 2.15. The third-order valence-electron chi connectivity index (χ3n) is 3.57. The molecule has 0 aliphatic carbocycles. The van der Waals surface area contributed by atoms with Gasteiger partial charge in [0, 0.05) is 12.7 Å². The molecular formula is C19H26O4. The molecular weight excluding hydrogens is 292 g/mol. The van der Waals surface area contributed by atoms with Crippen LogP contribution in [0.5, 0.6) is 5.75 Å². The largest absolute Gasteiger partial charge is 0.496 e. The summed E-state index contributed by atoms with van der Waals surface area (Å²) in [6.45, 7) is 7.88. The molecule has 0 saturated heterocycles. The number of benzene rings is 1. The van der Waals surface area contributed by atoms with Crippen molar-refractivity contribution in [2.45, 2.75) is 39.7 Å². The second-order valence-corrected chi connectivity index (χ2v) is 6.19. The molecule has 1 N–H and O–H groups in total. The Morgan fingerprint density at radius 2 is 1.91 bits per heavy atom. The van der Waals surface area contributed by atoms with E-state index in [9.17, 15) is 9.90 Å². The summed E-state index contributed by atoms with van der Waals surface area (Å²) in [4.78, 5) is 11.4. The lowest BCUT2D eigenvalue weighted by Crippen LogP contribution is -2.18. The van der Waals surface area contributed by atoms with Gasteiger partial charge in [0.1, 0.15) is 5.75 Å². The maximum absolute atomic E-state index is 11.4. The zero-order valence-electron chi connectivity index (χ0n) is 14.8. The molecule has 0 aromatic heterocycles. The van der Waals surface area contributed by atoms with E-state index in [1.807, 2.05) is 39.8 Å². The number of allylic oxidation sites excluding steroid dienone is 2. The van der Waals surface area contributed by atoms with E-state index in [1.165, 1.54) is 5.57 Å². The second kappa shape index (κ2) is 7.97. The fourth-order valence-corrected chi connectivity index (χ4v) is 2.03. The van der Waals surface area contributed by atoms with Gasteiger partial charge in [-0.25, -0.2) is 4.79 Å². The van der Waals surface area contributed by atoms with Gasteiger partial charge >= 0.3 is 5.97 Å². The Kier molecular flexibility index (Phi) is 6.58. The Bertz CT molecular complexity index is 621. The third kappa shape index (κ3) is 5.57. The van der Waals surface area contributed by atoms with Crippen LogP contribution in [0.15, 0.2) is 29.9 Å². The first-order chi connectivity index (χ1) is 10.7. The van der Waals surface area contributed by atoms with Crippen molar-refractivity contribution in [1.82, 2.24) is 0 Å². The molecule has 4 nitrogen and oxygen atoms in total. The predicted octanol–water partition coefficient (Wildman–Crippen LogP) is 4.34. The number of aromatic carboxylic acids is 1. The Morgan fingerprint density at radius 3 is 2.39 bits per heavy atom. The van der Waals surface area contributed by atoms with Gasteiger partial charge in [0.2, 0.25) is 0 Å². The van der Waals surface area contributed by atoms with Crippen LogP contribution in [0.3, 0.4) is 0 Å². The lowest BCUT2D eigenvalue weighted by atomic mass is 9.99. The molecule has 0 aliphatic heterocycles. The van der Waals surface area contributed by atoms with Crippen molar-refractivity contribution in [3.05, 3.63) is 46.5 Å². The molecule has 0 bridgehead atoms. The highest BCUT2D eigenvalue weighted by molar-refractivity contribution is 5.89. The smallest absolute Gasteiger partial charge is 0.335 e. The Hall–Kier alpha value is -2.07. The quantitative estimate of drug-likeness (QED) is 0.760. The van der Waals surface area contributed by atoms with Gasteiger partial charge in [0.15, 0.2) is 0 Å². The Labute approximate surface area is 138 Å². The minimum absolute atomic E-state index is 0.248. The third-order valence-corrected chi connectivity index (χ3v) is 3.57. The van der Waals surface area contributed by atoms with Gasteiger partial charge < -0.3 is 14.6 Å². The molecule has 0 saturated carbocycles. The first-order valence-corrected chi connectivity index (χ1v) is 7.52. The highest BCUT2D eigenvalue weighted by Crippen LogP contribution is 2.29. The fraction of sp³-hybridized carbons (Fsp3) is 0.421. The van der Waals surface area contributed by atoms with E-state index in [-0.39, 0.29) is 5.56 Å². The molecule has 1 rings (SSSR count). The molecule has 0 unspecified atom stereocenters. The van der Waals surface area contributed by atoms with Gasteiger partial charge in [-0.2, -0.15) is 0 Å². The number of rotatable bonds is 7. The van der Waals surface area contributed by atoms with Crippen molar-refractivity contribution in [3.8, 4) is 5.75 Å². The van der Waals surface area contributed by atoms with Gasteiger partial charge in [-0.3, -0.25) is 0 Å². The van der Waals surface area contributed by atoms with Crippen LogP contribution in [-0.2, 0) is 11.2 Å². The van der Waals surface area contributed by atoms with Crippen LogP contribution < -0.4 is 4.74 Å². The van der Waals surface area contributed by atoms with E-state index < -0.39 is 11.6 Å². The fourth-order valence-electron chi connectivity index (χ4n) is 2.03. The number of carboxylic acid groups (broad SMARTS) is 1. The summed E-state index contributed by atoms with van der Waals surface area (Å²) in [5, 5.41) is 9.34. The average molecular weight is 318 g/mol. The van der Waals surface area contributed by atoms with Gasteiger partial charge in [-0.1, -0.05) is 23.8 Å². The van der Waals surface area contributed by atoms with E-state index in [4.69, 9.17) is 9.47 Å². The van der Waals surface area contributed by atoms with Gasteiger partial charge in [-0.15, -0.1) is 0 Å². The number of methoxy groups -OCH3 is 2. The van der Waals surface area contributed by atoms with Crippen LogP contribution in [0.1, 0.15) is 49.2 Å². The number of hydrogen-bond acceptors (Lipinski definition) is 3. The van der Waals surface area contributed by atoms with E-state index >= 15 is 0 Å².